The van der Waals surface area contributed by atoms with Crippen LogP contribution in [-0.4, -0.2) is 26.5 Å². The fourth-order valence-corrected chi connectivity index (χ4v) is 4.11. The first kappa shape index (κ1) is 24.5. The van der Waals surface area contributed by atoms with Crippen LogP contribution in [0.15, 0.2) is 72.8 Å². The number of rotatable bonds is 9. The third-order valence-corrected chi connectivity index (χ3v) is 5.98. The van der Waals surface area contributed by atoms with E-state index in [4.69, 9.17) is 0 Å². The molecule has 2 N–H and O–H groups in total. The second-order valence-corrected chi connectivity index (χ2v) is 9.38. The Morgan fingerprint density at radius 3 is 1.82 bits per heavy atom. The summed E-state index contributed by atoms with van der Waals surface area (Å²) in [5, 5.41) is 6.71. The second-order valence-electron chi connectivity index (χ2n) is 9.38. The summed E-state index contributed by atoms with van der Waals surface area (Å²) in [5.41, 5.74) is 6.72. The number of nitrogens with one attached hydrogen (secondary N) is 2. The molecule has 4 heteroatoms. The standard InChI is InChI=1S/C29H37N3O/c1-20(2)25-13-10-14-26(21(3)4)29(25)31-27(33)19-30-28(22-11-8-7-9-12-22)23-15-17-24(18-16-23)32(5)6/h7-18,20-21,28,30H,19H2,1-6H3,(H,31,33). The van der Waals surface area contributed by atoms with Crippen molar-refractivity contribution in [3.8, 4) is 0 Å². The van der Waals surface area contributed by atoms with Gasteiger partial charge in [0, 0.05) is 25.5 Å². The lowest BCUT2D eigenvalue weighted by molar-refractivity contribution is -0.115. The Hall–Kier alpha value is -3.11. The molecule has 0 aliphatic heterocycles. The molecule has 0 aliphatic carbocycles. The topological polar surface area (TPSA) is 44.4 Å². The number of carbonyl (C=O) groups is 1. The zero-order chi connectivity index (χ0) is 24.0. The summed E-state index contributed by atoms with van der Waals surface area (Å²) in [6.07, 6.45) is 0. The fourth-order valence-electron chi connectivity index (χ4n) is 4.11. The predicted molar refractivity (Wildman–Crippen MR) is 140 cm³/mol. The van der Waals surface area contributed by atoms with Crippen molar-refractivity contribution in [1.82, 2.24) is 5.32 Å². The first-order valence-corrected chi connectivity index (χ1v) is 11.8. The van der Waals surface area contributed by atoms with Crippen molar-refractivity contribution >= 4 is 17.3 Å². The molecule has 0 fully saturated rings. The van der Waals surface area contributed by atoms with Crippen LogP contribution in [0.4, 0.5) is 11.4 Å². The van der Waals surface area contributed by atoms with Crippen LogP contribution in [0.3, 0.4) is 0 Å². The molecule has 0 radical (unpaired) electrons. The Balaban J connectivity index is 1.81. The first-order chi connectivity index (χ1) is 15.8. The van der Waals surface area contributed by atoms with Crippen molar-refractivity contribution in [2.24, 2.45) is 0 Å². The molecule has 0 saturated heterocycles. The molecule has 0 spiro atoms. The van der Waals surface area contributed by atoms with Crippen LogP contribution < -0.4 is 15.5 Å². The number of benzene rings is 3. The zero-order valence-corrected chi connectivity index (χ0v) is 20.7. The van der Waals surface area contributed by atoms with Crippen molar-refractivity contribution in [3.05, 3.63) is 95.1 Å². The summed E-state index contributed by atoms with van der Waals surface area (Å²) >= 11 is 0. The summed E-state index contributed by atoms with van der Waals surface area (Å²) < 4.78 is 0. The molecule has 0 aromatic heterocycles. The average Bonchev–Trinajstić information content (AvgIpc) is 2.80. The van der Waals surface area contributed by atoms with Gasteiger partial charge in [-0.05, 0) is 46.2 Å². The van der Waals surface area contributed by atoms with Crippen LogP contribution >= 0.6 is 0 Å². The normalized spacial score (nSPS) is 12.1. The van der Waals surface area contributed by atoms with Gasteiger partial charge in [-0.2, -0.15) is 0 Å². The summed E-state index contributed by atoms with van der Waals surface area (Å²) in [7, 11) is 4.07. The minimum Gasteiger partial charge on any atom is -0.378 e. The van der Waals surface area contributed by atoms with Gasteiger partial charge in [0.1, 0.15) is 0 Å². The van der Waals surface area contributed by atoms with E-state index in [-0.39, 0.29) is 18.5 Å². The van der Waals surface area contributed by atoms with Crippen LogP contribution in [0.5, 0.6) is 0 Å². The molecule has 0 saturated carbocycles. The van der Waals surface area contributed by atoms with Crippen LogP contribution in [0.1, 0.15) is 67.8 Å². The van der Waals surface area contributed by atoms with Gasteiger partial charge in [-0.3, -0.25) is 10.1 Å². The van der Waals surface area contributed by atoms with Crippen molar-refractivity contribution in [2.45, 2.75) is 45.6 Å². The third-order valence-electron chi connectivity index (χ3n) is 5.98. The van der Waals surface area contributed by atoms with Gasteiger partial charge in [-0.25, -0.2) is 0 Å². The number of para-hydroxylation sites is 1. The zero-order valence-electron chi connectivity index (χ0n) is 20.7. The average molecular weight is 444 g/mol. The van der Waals surface area contributed by atoms with Gasteiger partial charge in [0.05, 0.1) is 12.6 Å². The maximum Gasteiger partial charge on any atom is 0.238 e. The maximum absolute atomic E-state index is 13.1. The van der Waals surface area contributed by atoms with Gasteiger partial charge in [0.25, 0.3) is 0 Å². The summed E-state index contributed by atoms with van der Waals surface area (Å²) in [6.45, 7) is 8.87. The highest BCUT2D eigenvalue weighted by atomic mass is 16.1. The number of nitrogens with zero attached hydrogens (tertiary/aromatic N) is 1. The van der Waals surface area contributed by atoms with E-state index >= 15 is 0 Å². The Bertz CT molecular complexity index is 1010. The lowest BCUT2D eigenvalue weighted by Crippen LogP contribution is -2.32. The van der Waals surface area contributed by atoms with E-state index in [9.17, 15) is 4.79 Å². The number of anilines is 2. The number of hydrogen-bond acceptors (Lipinski definition) is 3. The summed E-state index contributed by atoms with van der Waals surface area (Å²) in [5.74, 6) is 0.634. The molecule has 3 aromatic carbocycles. The monoisotopic (exact) mass is 443 g/mol. The highest BCUT2D eigenvalue weighted by Crippen LogP contribution is 2.32. The Labute approximate surface area is 199 Å². The smallest absolute Gasteiger partial charge is 0.238 e. The molecule has 33 heavy (non-hydrogen) atoms. The highest BCUT2D eigenvalue weighted by Gasteiger charge is 2.18. The summed E-state index contributed by atoms with van der Waals surface area (Å²) in [6, 6.07) is 25.0. The van der Waals surface area contributed by atoms with E-state index in [2.05, 4.69) is 97.8 Å². The molecule has 3 rings (SSSR count). The van der Waals surface area contributed by atoms with E-state index < -0.39 is 0 Å². The van der Waals surface area contributed by atoms with Crippen LogP contribution in [0.25, 0.3) is 0 Å². The SMILES string of the molecule is CC(C)c1cccc(C(C)C)c1NC(=O)CNC(c1ccccc1)c1ccc(N(C)C)cc1. The molecule has 174 valence electrons. The number of carbonyl (C=O) groups excluding carboxylic acids is 1. The van der Waals surface area contributed by atoms with Crippen LogP contribution in [-0.2, 0) is 4.79 Å². The van der Waals surface area contributed by atoms with E-state index in [1.54, 1.807) is 0 Å². The van der Waals surface area contributed by atoms with E-state index in [0.29, 0.717) is 11.8 Å². The molecule has 3 aromatic rings. The molecule has 1 amide bonds. The van der Waals surface area contributed by atoms with Gasteiger partial charge in [-0.1, -0.05) is 88.4 Å². The quantitative estimate of drug-likeness (QED) is 0.407. The molecule has 4 nitrogen and oxygen atoms in total. The van der Waals surface area contributed by atoms with Crippen LogP contribution in [0, 0.1) is 0 Å². The minimum absolute atomic E-state index is 0.0316. The lowest BCUT2D eigenvalue weighted by atomic mass is 9.92. The minimum atomic E-state index is -0.0712. The van der Waals surface area contributed by atoms with Crippen molar-refractivity contribution in [1.29, 1.82) is 0 Å². The summed E-state index contributed by atoms with van der Waals surface area (Å²) in [4.78, 5) is 15.2. The molecule has 0 heterocycles. The maximum atomic E-state index is 13.1. The molecule has 1 unspecified atom stereocenters. The van der Waals surface area contributed by atoms with E-state index in [0.717, 1.165) is 22.5 Å². The Morgan fingerprint density at radius 2 is 1.30 bits per heavy atom. The molecule has 1 atom stereocenters. The Kier molecular flexibility index (Phi) is 8.29. The fraction of sp³-hybridized carbons (Fsp3) is 0.345. The molecular formula is C29H37N3O. The van der Waals surface area contributed by atoms with Gasteiger partial charge in [0.15, 0.2) is 0 Å². The van der Waals surface area contributed by atoms with Gasteiger partial charge >= 0.3 is 0 Å². The third kappa shape index (κ3) is 6.23. The van der Waals surface area contributed by atoms with Gasteiger partial charge < -0.3 is 10.2 Å². The van der Waals surface area contributed by atoms with Crippen molar-refractivity contribution in [3.63, 3.8) is 0 Å². The number of amides is 1. The second kappa shape index (κ2) is 11.2. The largest absolute Gasteiger partial charge is 0.378 e. The van der Waals surface area contributed by atoms with E-state index in [1.165, 1.54) is 11.1 Å². The van der Waals surface area contributed by atoms with Crippen molar-refractivity contribution < 1.29 is 4.79 Å². The number of hydrogen-bond donors (Lipinski definition) is 2. The van der Waals surface area contributed by atoms with Gasteiger partial charge in [-0.15, -0.1) is 0 Å². The van der Waals surface area contributed by atoms with Gasteiger partial charge in [0.2, 0.25) is 5.91 Å². The Morgan fingerprint density at radius 1 is 0.758 bits per heavy atom. The molecular weight excluding hydrogens is 406 g/mol. The van der Waals surface area contributed by atoms with Crippen molar-refractivity contribution in [2.75, 3.05) is 30.9 Å². The first-order valence-electron chi connectivity index (χ1n) is 11.8. The molecule has 0 bridgehead atoms. The highest BCUT2D eigenvalue weighted by molar-refractivity contribution is 5.94. The van der Waals surface area contributed by atoms with Crippen LogP contribution in [0.2, 0.25) is 0 Å². The molecule has 0 aliphatic rings. The predicted octanol–water partition coefficient (Wildman–Crippen LogP) is 6.32. The lowest BCUT2D eigenvalue weighted by Gasteiger charge is -2.23. The van der Waals surface area contributed by atoms with E-state index in [1.807, 2.05) is 32.3 Å².